The molecule has 0 aliphatic carbocycles. The maximum atomic E-state index is 10.7. The molecule has 2 aromatic rings. The largest absolute Gasteiger partial charge is 0.481 e. The van der Waals surface area contributed by atoms with E-state index < -0.39 is 5.97 Å². The SMILES string of the molecule is O=C(O)Cc1cc[c]c(-c2ccc3c(c2)OCO3)c1. The molecular weight excluding hydrogens is 244 g/mol. The van der Waals surface area contributed by atoms with Crippen LogP contribution in [0.5, 0.6) is 11.5 Å². The van der Waals surface area contributed by atoms with Crippen molar-refractivity contribution in [1.82, 2.24) is 0 Å². The lowest BCUT2D eigenvalue weighted by Gasteiger charge is -2.05. The highest BCUT2D eigenvalue weighted by Crippen LogP contribution is 2.35. The summed E-state index contributed by atoms with van der Waals surface area (Å²) in [7, 11) is 0. The van der Waals surface area contributed by atoms with Crippen LogP contribution in [-0.4, -0.2) is 17.9 Å². The van der Waals surface area contributed by atoms with Gasteiger partial charge in [-0.05, 0) is 41.0 Å². The third-order valence-electron chi connectivity index (χ3n) is 2.90. The van der Waals surface area contributed by atoms with Crippen LogP contribution in [0.25, 0.3) is 11.1 Å². The first-order valence-corrected chi connectivity index (χ1v) is 5.85. The molecule has 0 saturated carbocycles. The molecule has 4 nitrogen and oxygen atoms in total. The maximum absolute atomic E-state index is 10.7. The van der Waals surface area contributed by atoms with Gasteiger partial charge >= 0.3 is 5.97 Å². The molecule has 0 amide bonds. The van der Waals surface area contributed by atoms with Crippen molar-refractivity contribution in [3.63, 3.8) is 0 Å². The minimum absolute atomic E-state index is 0.00618. The molecule has 19 heavy (non-hydrogen) atoms. The highest BCUT2D eigenvalue weighted by Gasteiger charge is 2.14. The van der Waals surface area contributed by atoms with Crippen molar-refractivity contribution in [2.75, 3.05) is 6.79 Å². The Hall–Kier alpha value is -2.49. The van der Waals surface area contributed by atoms with Crippen LogP contribution in [0.1, 0.15) is 5.56 Å². The minimum Gasteiger partial charge on any atom is -0.481 e. The third-order valence-corrected chi connectivity index (χ3v) is 2.90. The summed E-state index contributed by atoms with van der Waals surface area (Å²) in [5.41, 5.74) is 2.52. The van der Waals surface area contributed by atoms with Crippen molar-refractivity contribution in [3.05, 3.63) is 48.0 Å². The number of carboxylic acids is 1. The first-order valence-electron chi connectivity index (χ1n) is 5.85. The lowest BCUT2D eigenvalue weighted by Crippen LogP contribution is -1.99. The molecule has 2 aromatic carbocycles. The van der Waals surface area contributed by atoms with E-state index in [4.69, 9.17) is 14.6 Å². The average Bonchev–Trinajstić information content (AvgIpc) is 2.85. The van der Waals surface area contributed by atoms with Gasteiger partial charge in [-0.3, -0.25) is 4.79 Å². The lowest BCUT2D eigenvalue weighted by molar-refractivity contribution is -0.136. The fourth-order valence-corrected chi connectivity index (χ4v) is 2.03. The van der Waals surface area contributed by atoms with Crippen molar-refractivity contribution in [1.29, 1.82) is 0 Å². The second kappa shape index (κ2) is 4.65. The van der Waals surface area contributed by atoms with Crippen molar-refractivity contribution in [2.45, 2.75) is 6.42 Å². The van der Waals surface area contributed by atoms with Gasteiger partial charge in [-0.15, -0.1) is 0 Å². The van der Waals surface area contributed by atoms with Crippen LogP contribution in [0.2, 0.25) is 0 Å². The summed E-state index contributed by atoms with van der Waals surface area (Å²) in [5.74, 6) is 0.586. The van der Waals surface area contributed by atoms with Gasteiger partial charge in [0.15, 0.2) is 11.5 Å². The molecule has 0 aromatic heterocycles. The van der Waals surface area contributed by atoms with E-state index in [0.717, 1.165) is 22.4 Å². The molecule has 0 saturated heterocycles. The first-order chi connectivity index (χ1) is 9.22. The van der Waals surface area contributed by atoms with Gasteiger partial charge in [-0.25, -0.2) is 0 Å². The van der Waals surface area contributed by atoms with Crippen LogP contribution in [-0.2, 0) is 11.2 Å². The number of carboxylic acid groups (broad SMARTS) is 1. The van der Waals surface area contributed by atoms with E-state index in [1.165, 1.54) is 0 Å². The van der Waals surface area contributed by atoms with Crippen molar-refractivity contribution < 1.29 is 19.4 Å². The molecule has 1 N–H and O–H groups in total. The molecule has 1 aliphatic heterocycles. The third kappa shape index (κ3) is 2.38. The van der Waals surface area contributed by atoms with Gasteiger partial charge in [0.05, 0.1) is 6.42 Å². The van der Waals surface area contributed by atoms with Gasteiger partial charge in [0, 0.05) is 0 Å². The summed E-state index contributed by atoms with van der Waals surface area (Å²) in [6.45, 7) is 0.238. The summed E-state index contributed by atoms with van der Waals surface area (Å²) in [6, 6.07) is 14.0. The maximum Gasteiger partial charge on any atom is 0.307 e. The first kappa shape index (κ1) is 11.6. The Morgan fingerprint density at radius 3 is 2.89 bits per heavy atom. The van der Waals surface area contributed by atoms with Crippen LogP contribution in [0.3, 0.4) is 0 Å². The normalized spacial score (nSPS) is 12.4. The number of benzene rings is 2. The van der Waals surface area contributed by atoms with Crippen LogP contribution in [0.4, 0.5) is 0 Å². The zero-order chi connectivity index (χ0) is 13.2. The summed E-state index contributed by atoms with van der Waals surface area (Å²) in [5, 5.41) is 8.81. The molecule has 0 atom stereocenters. The predicted molar refractivity (Wildman–Crippen MR) is 68.2 cm³/mol. The number of hydrogen-bond donors (Lipinski definition) is 1. The average molecular weight is 255 g/mol. The number of rotatable bonds is 3. The number of hydrogen-bond acceptors (Lipinski definition) is 3. The summed E-state index contributed by atoms with van der Waals surface area (Å²) < 4.78 is 10.6. The Balaban J connectivity index is 1.95. The van der Waals surface area contributed by atoms with Gasteiger partial charge in [0.2, 0.25) is 6.79 Å². The van der Waals surface area contributed by atoms with Crippen molar-refractivity contribution >= 4 is 5.97 Å². The topological polar surface area (TPSA) is 55.8 Å². The van der Waals surface area contributed by atoms with Crippen LogP contribution in [0, 0.1) is 6.07 Å². The minimum atomic E-state index is -0.845. The molecule has 0 bridgehead atoms. The fourth-order valence-electron chi connectivity index (χ4n) is 2.03. The molecule has 1 heterocycles. The zero-order valence-electron chi connectivity index (χ0n) is 10.1. The Kier molecular flexibility index (Phi) is 2.83. The molecule has 0 spiro atoms. The highest BCUT2D eigenvalue weighted by atomic mass is 16.7. The Labute approximate surface area is 110 Å². The standard InChI is InChI=1S/C15H11O4/c16-15(17)7-10-2-1-3-11(6-10)12-4-5-13-14(8-12)19-9-18-13/h1-2,4-6,8H,7,9H2,(H,16,17). The number of fused-ring (bicyclic) bond motifs is 1. The lowest BCUT2D eigenvalue weighted by atomic mass is 10.0. The van der Waals surface area contributed by atoms with E-state index in [9.17, 15) is 4.79 Å². The second-order valence-electron chi connectivity index (χ2n) is 4.25. The fraction of sp³-hybridized carbons (Fsp3) is 0.133. The highest BCUT2D eigenvalue weighted by molar-refractivity contribution is 5.72. The van der Waals surface area contributed by atoms with Gasteiger partial charge in [-0.1, -0.05) is 18.2 Å². The number of carbonyl (C=O) groups is 1. The predicted octanol–water partition coefficient (Wildman–Crippen LogP) is 2.51. The summed E-state index contributed by atoms with van der Waals surface area (Å²) in [4.78, 5) is 10.7. The van der Waals surface area contributed by atoms with Gasteiger partial charge in [-0.2, -0.15) is 0 Å². The molecular formula is C15H11O4. The molecule has 1 radical (unpaired) electrons. The number of aliphatic carboxylic acids is 1. The molecule has 0 fully saturated rings. The zero-order valence-corrected chi connectivity index (χ0v) is 10.1. The van der Waals surface area contributed by atoms with Crippen LogP contribution >= 0.6 is 0 Å². The van der Waals surface area contributed by atoms with Crippen LogP contribution in [0.15, 0.2) is 36.4 Å². The van der Waals surface area contributed by atoms with E-state index in [-0.39, 0.29) is 13.2 Å². The summed E-state index contributed by atoms with van der Waals surface area (Å²) >= 11 is 0. The van der Waals surface area contributed by atoms with Crippen LogP contribution < -0.4 is 9.47 Å². The molecule has 1 aliphatic rings. The van der Waals surface area contributed by atoms with Gasteiger partial charge in [0.25, 0.3) is 0 Å². The number of ether oxygens (including phenoxy) is 2. The van der Waals surface area contributed by atoms with Crippen molar-refractivity contribution in [3.8, 4) is 22.6 Å². The van der Waals surface area contributed by atoms with E-state index in [1.807, 2.05) is 24.3 Å². The van der Waals surface area contributed by atoms with E-state index in [2.05, 4.69) is 6.07 Å². The summed E-state index contributed by atoms with van der Waals surface area (Å²) in [6.07, 6.45) is 0.00618. The molecule has 95 valence electrons. The molecule has 4 heteroatoms. The van der Waals surface area contributed by atoms with E-state index in [0.29, 0.717) is 5.75 Å². The second-order valence-corrected chi connectivity index (χ2v) is 4.25. The van der Waals surface area contributed by atoms with Crippen molar-refractivity contribution in [2.24, 2.45) is 0 Å². The molecule has 0 unspecified atom stereocenters. The van der Waals surface area contributed by atoms with Gasteiger partial charge in [0.1, 0.15) is 0 Å². The smallest absolute Gasteiger partial charge is 0.307 e. The molecule has 3 rings (SSSR count). The van der Waals surface area contributed by atoms with E-state index in [1.54, 1.807) is 12.1 Å². The van der Waals surface area contributed by atoms with E-state index >= 15 is 0 Å². The van der Waals surface area contributed by atoms with Gasteiger partial charge < -0.3 is 14.6 Å². The Morgan fingerprint density at radius 1 is 1.21 bits per heavy atom. The Bertz CT molecular complexity index is 634. The monoisotopic (exact) mass is 255 g/mol. The quantitative estimate of drug-likeness (QED) is 0.915. The Morgan fingerprint density at radius 2 is 2.05 bits per heavy atom.